The SMILES string of the molecule is CCCCCCC/C=C\C/C=C\C/C=C\CCCCCCCCCCCCCCCCCCCCCCCCCCC(=O)OC(COC(=O)CCCCCCCCCCCCCCCCCCC)COP(=O)(O)OCCN. The Morgan fingerprint density at radius 2 is 0.675 bits per heavy atom. The molecule has 0 heterocycles. The van der Waals surface area contributed by atoms with E-state index in [0.29, 0.717) is 6.42 Å². The van der Waals surface area contributed by atoms with Crippen LogP contribution in [0.25, 0.3) is 0 Å². The summed E-state index contributed by atoms with van der Waals surface area (Å²) < 4.78 is 33.1. The van der Waals surface area contributed by atoms with Gasteiger partial charge in [-0.1, -0.05) is 320 Å². The van der Waals surface area contributed by atoms with Crippen LogP contribution in [0.15, 0.2) is 36.5 Å². The van der Waals surface area contributed by atoms with Crippen molar-refractivity contribution in [2.45, 2.75) is 354 Å². The molecular formula is C67H128NO8P. The molecule has 9 nitrogen and oxygen atoms in total. The molecule has 2 atom stereocenters. The van der Waals surface area contributed by atoms with Gasteiger partial charge in [0.2, 0.25) is 0 Å². The van der Waals surface area contributed by atoms with E-state index in [1.54, 1.807) is 0 Å². The van der Waals surface area contributed by atoms with Gasteiger partial charge >= 0.3 is 19.8 Å². The highest BCUT2D eigenvalue weighted by atomic mass is 31.2. The van der Waals surface area contributed by atoms with Crippen molar-refractivity contribution in [2.75, 3.05) is 26.4 Å². The average molecular weight is 1110 g/mol. The Morgan fingerprint density at radius 1 is 0.390 bits per heavy atom. The van der Waals surface area contributed by atoms with Gasteiger partial charge in [-0.2, -0.15) is 0 Å². The largest absolute Gasteiger partial charge is 0.472 e. The number of hydrogen-bond donors (Lipinski definition) is 2. The fourth-order valence-electron chi connectivity index (χ4n) is 10.1. The van der Waals surface area contributed by atoms with Crippen LogP contribution in [0.5, 0.6) is 0 Å². The van der Waals surface area contributed by atoms with Crippen LogP contribution in [0, 0.1) is 0 Å². The van der Waals surface area contributed by atoms with E-state index in [0.717, 1.165) is 44.9 Å². The lowest BCUT2D eigenvalue weighted by molar-refractivity contribution is -0.161. The van der Waals surface area contributed by atoms with E-state index in [4.69, 9.17) is 24.3 Å². The molecule has 77 heavy (non-hydrogen) atoms. The predicted molar refractivity (Wildman–Crippen MR) is 330 cm³/mol. The number of hydrogen-bond acceptors (Lipinski definition) is 8. The van der Waals surface area contributed by atoms with Gasteiger partial charge in [0.1, 0.15) is 6.61 Å². The molecular weight excluding hydrogens is 978 g/mol. The van der Waals surface area contributed by atoms with Crippen molar-refractivity contribution in [2.24, 2.45) is 5.73 Å². The van der Waals surface area contributed by atoms with Crippen molar-refractivity contribution in [1.82, 2.24) is 0 Å². The van der Waals surface area contributed by atoms with Gasteiger partial charge in [-0.05, 0) is 51.4 Å². The van der Waals surface area contributed by atoms with Gasteiger partial charge in [0.15, 0.2) is 6.10 Å². The summed E-state index contributed by atoms with van der Waals surface area (Å²) >= 11 is 0. The van der Waals surface area contributed by atoms with Crippen LogP contribution >= 0.6 is 7.82 Å². The number of esters is 2. The van der Waals surface area contributed by atoms with Crippen molar-refractivity contribution >= 4 is 19.8 Å². The molecule has 0 rings (SSSR count). The van der Waals surface area contributed by atoms with Gasteiger partial charge < -0.3 is 20.1 Å². The van der Waals surface area contributed by atoms with E-state index >= 15 is 0 Å². The van der Waals surface area contributed by atoms with E-state index in [1.807, 2.05) is 0 Å². The van der Waals surface area contributed by atoms with Crippen molar-refractivity contribution in [3.63, 3.8) is 0 Å². The highest BCUT2D eigenvalue weighted by molar-refractivity contribution is 7.47. The van der Waals surface area contributed by atoms with E-state index in [-0.39, 0.29) is 38.6 Å². The molecule has 2 unspecified atom stereocenters. The quantitative estimate of drug-likeness (QED) is 0.0264. The maximum absolute atomic E-state index is 12.7. The van der Waals surface area contributed by atoms with E-state index in [2.05, 4.69) is 50.3 Å². The highest BCUT2D eigenvalue weighted by Gasteiger charge is 2.26. The number of carbonyl (C=O) groups is 2. The molecule has 3 N–H and O–H groups in total. The zero-order valence-corrected chi connectivity index (χ0v) is 51.9. The minimum Gasteiger partial charge on any atom is -0.462 e. The first kappa shape index (κ1) is 75.2. The number of phosphoric ester groups is 1. The Hall–Kier alpha value is -1.77. The molecule has 0 aromatic carbocycles. The summed E-state index contributed by atoms with van der Waals surface area (Å²) in [6.07, 6.45) is 78.1. The van der Waals surface area contributed by atoms with Crippen molar-refractivity contribution < 1.29 is 37.6 Å². The van der Waals surface area contributed by atoms with E-state index in [9.17, 15) is 19.0 Å². The van der Waals surface area contributed by atoms with Crippen LogP contribution in [0.1, 0.15) is 348 Å². The van der Waals surface area contributed by atoms with Gasteiger partial charge in [0.05, 0.1) is 13.2 Å². The number of unbranched alkanes of at least 4 members (excludes halogenated alkanes) is 45. The summed E-state index contributed by atoms with van der Waals surface area (Å²) in [4.78, 5) is 35.2. The summed E-state index contributed by atoms with van der Waals surface area (Å²) in [5.41, 5.74) is 5.39. The lowest BCUT2D eigenvalue weighted by atomic mass is 10.0. The molecule has 0 bridgehead atoms. The maximum atomic E-state index is 12.7. The normalized spacial score (nSPS) is 13.1. The molecule has 0 aromatic rings. The number of rotatable bonds is 64. The van der Waals surface area contributed by atoms with Crippen LogP contribution < -0.4 is 5.73 Å². The van der Waals surface area contributed by atoms with Crippen LogP contribution in [0.4, 0.5) is 0 Å². The van der Waals surface area contributed by atoms with Crippen molar-refractivity contribution in [1.29, 1.82) is 0 Å². The molecule has 0 aliphatic heterocycles. The molecule has 0 amide bonds. The third kappa shape index (κ3) is 63.3. The standard InChI is InChI=1S/C67H128NO8P/c1-3-5-7-9-11-13-15-17-19-21-22-23-24-25-26-27-28-29-30-31-32-33-34-35-36-37-38-39-40-41-42-44-46-48-50-52-54-56-58-60-67(70)76-65(64-75-77(71,72)74-62-61-68)63-73-66(69)59-57-55-53-51-49-47-45-43-20-18-16-14-12-10-8-6-4-2/h15,17,21-22,24-25,65H,3-14,16,18-20,23,26-64,68H2,1-2H3,(H,71,72)/b17-15-,22-21-,25-24-. The summed E-state index contributed by atoms with van der Waals surface area (Å²) in [7, 11) is -4.38. The highest BCUT2D eigenvalue weighted by Crippen LogP contribution is 2.43. The molecule has 0 saturated carbocycles. The Labute approximate surface area is 477 Å². The minimum absolute atomic E-state index is 0.0567. The first-order valence-corrected chi connectivity index (χ1v) is 35.0. The van der Waals surface area contributed by atoms with E-state index in [1.165, 1.54) is 270 Å². The number of nitrogens with two attached hydrogens (primary N) is 1. The Balaban J connectivity index is 3.76. The fraction of sp³-hybridized carbons (Fsp3) is 0.881. The molecule has 0 saturated heterocycles. The molecule has 0 aliphatic rings. The van der Waals surface area contributed by atoms with Crippen LogP contribution in [0.3, 0.4) is 0 Å². The van der Waals surface area contributed by atoms with Gasteiger partial charge in [0, 0.05) is 19.4 Å². The van der Waals surface area contributed by atoms with Gasteiger partial charge in [-0.3, -0.25) is 18.6 Å². The number of ether oxygens (including phenoxy) is 2. The Kier molecular flexibility index (Phi) is 62.0. The second kappa shape index (κ2) is 63.4. The van der Waals surface area contributed by atoms with Crippen molar-refractivity contribution in [3.05, 3.63) is 36.5 Å². The monoisotopic (exact) mass is 1110 g/mol. The molecule has 0 radical (unpaired) electrons. The lowest BCUT2D eigenvalue weighted by Gasteiger charge is -2.19. The average Bonchev–Trinajstić information content (AvgIpc) is 3.42. The third-order valence-corrected chi connectivity index (χ3v) is 16.0. The van der Waals surface area contributed by atoms with Crippen LogP contribution in [-0.2, 0) is 32.7 Å². The van der Waals surface area contributed by atoms with Gasteiger partial charge in [0.25, 0.3) is 0 Å². The molecule has 0 aliphatic carbocycles. The third-order valence-electron chi connectivity index (χ3n) is 15.0. The molecule has 454 valence electrons. The second-order valence-corrected chi connectivity index (χ2v) is 24.2. The summed E-state index contributed by atoms with van der Waals surface area (Å²) in [5, 5.41) is 0. The number of carbonyl (C=O) groups excluding carboxylic acids is 2. The van der Waals surface area contributed by atoms with Crippen LogP contribution in [0.2, 0.25) is 0 Å². The van der Waals surface area contributed by atoms with Gasteiger partial charge in [-0.25, -0.2) is 4.57 Å². The molecule has 0 fully saturated rings. The van der Waals surface area contributed by atoms with Gasteiger partial charge in [-0.15, -0.1) is 0 Å². The zero-order valence-electron chi connectivity index (χ0n) is 51.0. The maximum Gasteiger partial charge on any atom is 0.472 e. The minimum atomic E-state index is -4.38. The number of phosphoric acid groups is 1. The topological polar surface area (TPSA) is 134 Å². The summed E-state index contributed by atoms with van der Waals surface area (Å²) in [6, 6.07) is 0. The number of allylic oxidation sites excluding steroid dienone is 6. The first-order chi connectivity index (χ1) is 37.8. The zero-order chi connectivity index (χ0) is 55.9. The molecule has 0 aromatic heterocycles. The molecule has 0 spiro atoms. The lowest BCUT2D eigenvalue weighted by Crippen LogP contribution is -2.29. The van der Waals surface area contributed by atoms with Crippen molar-refractivity contribution in [3.8, 4) is 0 Å². The summed E-state index contributed by atoms with van der Waals surface area (Å²) in [5.74, 6) is -0.806. The first-order valence-electron chi connectivity index (χ1n) is 33.5. The van der Waals surface area contributed by atoms with Crippen LogP contribution in [-0.4, -0.2) is 49.3 Å². The smallest absolute Gasteiger partial charge is 0.462 e. The molecule has 10 heteroatoms. The Bertz CT molecular complexity index is 1350. The van der Waals surface area contributed by atoms with E-state index < -0.39 is 26.5 Å². The predicted octanol–water partition coefficient (Wildman–Crippen LogP) is 21.5. The Morgan fingerprint density at radius 3 is 1.00 bits per heavy atom. The second-order valence-electron chi connectivity index (χ2n) is 22.7. The fourth-order valence-corrected chi connectivity index (χ4v) is 10.8. The summed E-state index contributed by atoms with van der Waals surface area (Å²) in [6.45, 7) is 3.79.